The van der Waals surface area contributed by atoms with Crippen molar-refractivity contribution in [1.29, 1.82) is 0 Å². The number of likely N-dealkylation sites (tertiary alicyclic amines) is 1. The van der Waals surface area contributed by atoms with Crippen LogP contribution < -0.4 is 10.6 Å². The smallest absolute Gasteiger partial charge is 0.275 e. The Kier molecular flexibility index (Phi) is 9.01. The molecule has 1 heterocycles. The topological polar surface area (TPSA) is 61.4 Å². The van der Waals surface area contributed by atoms with Crippen molar-refractivity contribution in [2.24, 2.45) is 0 Å². The average molecular weight is 618 g/mol. The zero-order valence-corrected chi connectivity index (χ0v) is 25.1. The Morgan fingerprint density at radius 2 is 1.59 bits per heavy atom. The predicted molar refractivity (Wildman–Crippen MR) is 163 cm³/mol. The third-order valence-electron chi connectivity index (χ3n) is 7.94. The van der Waals surface area contributed by atoms with Crippen LogP contribution in [0.25, 0.3) is 11.1 Å². The van der Waals surface area contributed by atoms with Gasteiger partial charge in [0.25, 0.3) is 11.6 Å². The summed E-state index contributed by atoms with van der Waals surface area (Å²) in [5, 5.41) is 6.43. The summed E-state index contributed by atoms with van der Waals surface area (Å²) in [6.45, 7) is 1.63. The highest BCUT2D eigenvalue weighted by molar-refractivity contribution is 7.18. The van der Waals surface area contributed by atoms with Gasteiger partial charge >= 0.3 is 0 Å². The molecule has 0 bridgehead atoms. The molecule has 2 N–H and O–H groups in total. The Morgan fingerprint density at radius 1 is 0.976 bits per heavy atom. The van der Waals surface area contributed by atoms with Crippen LogP contribution in [0.3, 0.4) is 0 Å². The number of rotatable bonds is 10. The van der Waals surface area contributed by atoms with Crippen LogP contribution in [0, 0.1) is 0 Å². The number of amides is 2. The molecule has 3 aromatic carbocycles. The molecule has 10 heteroatoms. The SMILES string of the molecule is O=C(NC1CCN(CCCCC2(C(=O)NCC(F)(F)P)c3ccccc3-c3ccccc32)C1)c1cc(Cl)cc(Cl)c1. The number of nitrogens with zero attached hydrogens (tertiary/aromatic N) is 1. The van der Waals surface area contributed by atoms with Gasteiger partial charge in [-0.05, 0) is 66.3 Å². The van der Waals surface area contributed by atoms with Crippen molar-refractivity contribution in [2.45, 2.75) is 42.8 Å². The van der Waals surface area contributed by atoms with Gasteiger partial charge in [-0.3, -0.25) is 9.59 Å². The maximum atomic E-state index is 13.8. The molecule has 5 nitrogen and oxygen atoms in total. The lowest BCUT2D eigenvalue weighted by molar-refractivity contribution is -0.126. The molecule has 2 unspecified atom stereocenters. The van der Waals surface area contributed by atoms with E-state index in [1.807, 2.05) is 48.5 Å². The largest absolute Gasteiger partial charge is 0.349 e. The van der Waals surface area contributed by atoms with E-state index in [2.05, 4.69) is 15.5 Å². The van der Waals surface area contributed by atoms with Gasteiger partial charge in [0.1, 0.15) is 5.41 Å². The first-order valence-electron chi connectivity index (χ1n) is 13.7. The number of halogens is 4. The van der Waals surface area contributed by atoms with Crippen molar-refractivity contribution in [2.75, 3.05) is 26.2 Å². The molecular weight excluding hydrogens is 586 g/mol. The Bertz CT molecular complexity index is 1380. The summed E-state index contributed by atoms with van der Waals surface area (Å²) in [5.41, 5.74) is -0.0456. The first-order chi connectivity index (χ1) is 19.6. The Hall–Kier alpha value is -2.57. The van der Waals surface area contributed by atoms with Crippen LogP contribution in [-0.2, 0) is 10.2 Å². The van der Waals surface area contributed by atoms with Gasteiger partial charge in [0.05, 0.1) is 6.54 Å². The van der Waals surface area contributed by atoms with Gasteiger partial charge in [-0.1, -0.05) is 87.4 Å². The van der Waals surface area contributed by atoms with E-state index in [4.69, 9.17) is 23.2 Å². The highest BCUT2D eigenvalue weighted by Gasteiger charge is 2.48. The molecule has 216 valence electrons. The van der Waals surface area contributed by atoms with Gasteiger partial charge in [-0.25, -0.2) is 8.78 Å². The van der Waals surface area contributed by atoms with E-state index >= 15 is 0 Å². The standard InChI is InChI=1S/C31H32Cl2F2N3O2P/c32-21-15-20(16-22(33)17-21)28(39)37-23-11-14-38(18-23)13-6-5-12-30(29(40)36-19-31(34,35)41)26-9-3-1-7-24(26)25-8-2-4-10-27(25)30/h1-4,7-10,15-17,23H,5-6,11-14,18-19,41H2,(H,36,40)(H,37,39). The quantitative estimate of drug-likeness (QED) is 0.201. The molecule has 0 saturated carbocycles. The molecule has 2 aliphatic rings. The lowest BCUT2D eigenvalue weighted by atomic mass is 9.73. The van der Waals surface area contributed by atoms with Gasteiger partial charge in [0.15, 0.2) is 0 Å². The summed E-state index contributed by atoms with van der Waals surface area (Å²) < 4.78 is 27.4. The average Bonchev–Trinajstić information content (AvgIpc) is 3.49. The zero-order valence-electron chi connectivity index (χ0n) is 22.4. The van der Waals surface area contributed by atoms with Crippen molar-refractivity contribution in [3.8, 4) is 11.1 Å². The normalized spacial score (nSPS) is 17.6. The number of alkyl halides is 2. The van der Waals surface area contributed by atoms with Crippen LogP contribution in [-0.4, -0.2) is 54.6 Å². The molecule has 41 heavy (non-hydrogen) atoms. The number of fused-ring (bicyclic) bond motifs is 3. The van der Waals surface area contributed by atoms with E-state index in [0.717, 1.165) is 61.2 Å². The summed E-state index contributed by atoms with van der Waals surface area (Å²) in [4.78, 5) is 28.8. The highest BCUT2D eigenvalue weighted by Crippen LogP contribution is 2.51. The fourth-order valence-corrected chi connectivity index (χ4v) is 6.76. The zero-order chi connectivity index (χ0) is 29.2. The number of unbranched alkanes of at least 4 members (excludes halogenated alkanes) is 1. The second-order valence-electron chi connectivity index (χ2n) is 10.8. The third kappa shape index (κ3) is 6.59. The van der Waals surface area contributed by atoms with Crippen LogP contribution >= 0.6 is 32.4 Å². The van der Waals surface area contributed by atoms with E-state index in [-0.39, 0.29) is 11.9 Å². The van der Waals surface area contributed by atoms with Gasteiger partial charge in [0, 0.05) is 34.7 Å². The van der Waals surface area contributed by atoms with Gasteiger partial charge in [-0.15, -0.1) is 0 Å². The lowest BCUT2D eigenvalue weighted by Gasteiger charge is -2.31. The maximum Gasteiger partial charge on any atom is 0.275 e. The molecule has 2 amide bonds. The number of benzene rings is 3. The number of hydrogen-bond acceptors (Lipinski definition) is 3. The van der Waals surface area contributed by atoms with E-state index in [1.54, 1.807) is 18.2 Å². The Morgan fingerprint density at radius 3 is 2.20 bits per heavy atom. The molecule has 5 rings (SSSR count). The van der Waals surface area contributed by atoms with Gasteiger partial charge in [-0.2, -0.15) is 0 Å². The highest BCUT2D eigenvalue weighted by atomic mass is 35.5. The van der Waals surface area contributed by atoms with Crippen LogP contribution in [0.2, 0.25) is 10.0 Å². The monoisotopic (exact) mass is 617 g/mol. The minimum Gasteiger partial charge on any atom is -0.349 e. The number of nitrogens with one attached hydrogen (secondary N) is 2. The van der Waals surface area contributed by atoms with Crippen LogP contribution in [0.1, 0.15) is 47.2 Å². The second kappa shape index (κ2) is 12.3. The van der Waals surface area contributed by atoms with Crippen molar-refractivity contribution in [3.05, 3.63) is 93.5 Å². The van der Waals surface area contributed by atoms with Crippen molar-refractivity contribution >= 4 is 44.3 Å². The first-order valence-corrected chi connectivity index (χ1v) is 15.0. The summed E-state index contributed by atoms with van der Waals surface area (Å²) >= 11 is 12.1. The Balaban J connectivity index is 1.24. The van der Waals surface area contributed by atoms with Crippen molar-refractivity contribution in [1.82, 2.24) is 15.5 Å². The molecule has 2 atom stereocenters. The molecule has 3 aromatic rings. The van der Waals surface area contributed by atoms with E-state index in [0.29, 0.717) is 22.0 Å². The summed E-state index contributed by atoms with van der Waals surface area (Å²) in [5.74, 6) is -0.606. The number of hydrogen-bond donors (Lipinski definition) is 2. The van der Waals surface area contributed by atoms with E-state index in [1.165, 1.54) is 9.24 Å². The van der Waals surface area contributed by atoms with Crippen LogP contribution in [0.4, 0.5) is 8.78 Å². The fraction of sp³-hybridized carbons (Fsp3) is 0.355. The van der Waals surface area contributed by atoms with Crippen molar-refractivity contribution < 1.29 is 18.4 Å². The van der Waals surface area contributed by atoms with Gasteiger partial charge in [0.2, 0.25) is 5.91 Å². The molecule has 0 radical (unpaired) electrons. The molecule has 1 aliphatic heterocycles. The molecule has 1 fully saturated rings. The fourth-order valence-electron chi connectivity index (χ4n) is 6.13. The molecule has 0 spiro atoms. The van der Waals surface area contributed by atoms with Crippen LogP contribution in [0.5, 0.6) is 0 Å². The molecule has 1 saturated heterocycles. The van der Waals surface area contributed by atoms with Gasteiger partial charge < -0.3 is 15.5 Å². The van der Waals surface area contributed by atoms with E-state index < -0.39 is 23.5 Å². The minimum absolute atomic E-state index is 0.0135. The lowest BCUT2D eigenvalue weighted by Crippen LogP contribution is -2.47. The Labute approximate surface area is 251 Å². The first kappa shape index (κ1) is 29.9. The molecule has 0 aromatic heterocycles. The summed E-state index contributed by atoms with van der Waals surface area (Å²) in [7, 11) is 1.49. The summed E-state index contributed by atoms with van der Waals surface area (Å²) in [6, 6.07) is 20.3. The van der Waals surface area contributed by atoms with E-state index in [9.17, 15) is 18.4 Å². The second-order valence-corrected chi connectivity index (χ2v) is 12.5. The third-order valence-corrected chi connectivity index (χ3v) is 8.59. The van der Waals surface area contributed by atoms with Crippen LogP contribution in [0.15, 0.2) is 66.7 Å². The minimum atomic E-state index is -3.09. The molecular formula is C31H32Cl2F2N3O2P. The molecule has 1 aliphatic carbocycles. The van der Waals surface area contributed by atoms with Crippen molar-refractivity contribution in [3.63, 3.8) is 0 Å². The predicted octanol–water partition coefficient (Wildman–Crippen LogP) is 6.52. The summed E-state index contributed by atoms with van der Waals surface area (Å²) in [6.07, 6.45) is 2.88. The maximum absolute atomic E-state index is 13.8. The number of carbonyl (C=O) groups is 2. The number of carbonyl (C=O) groups excluding carboxylic acids is 2.